The van der Waals surface area contributed by atoms with Crippen molar-refractivity contribution in [1.82, 2.24) is 5.32 Å². The van der Waals surface area contributed by atoms with Crippen molar-refractivity contribution in [2.75, 3.05) is 11.9 Å². The number of benzene rings is 1. The first-order chi connectivity index (χ1) is 8.74. The van der Waals surface area contributed by atoms with Gasteiger partial charge in [-0.25, -0.2) is 0 Å². The summed E-state index contributed by atoms with van der Waals surface area (Å²) in [7, 11) is 0. The number of thiophene rings is 1. The third-order valence-electron chi connectivity index (χ3n) is 2.32. The molecule has 0 aliphatic carbocycles. The predicted octanol–water partition coefficient (Wildman–Crippen LogP) is 3.24. The second-order valence-electron chi connectivity index (χ2n) is 3.72. The quantitative estimate of drug-likeness (QED) is 0.886. The standard InChI is InChI=1S/C13H13BrN2OS/c14-10-3-1-4-11(7-10)15-9-13(17)16-8-12-5-2-6-18-12/h1-7,15H,8-9H2,(H,16,17). The zero-order valence-electron chi connectivity index (χ0n) is 9.65. The van der Waals surface area contributed by atoms with E-state index in [1.165, 1.54) is 0 Å². The molecular formula is C13H13BrN2OS. The first kappa shape index (κ1) is 13.1. The molecule has 0 saturated heterocycles. The van der Waals surface area contributed by atoms with Crippen LogP contribution in [0.3, 0.4) is 0 Å². The molecule has 0 aliphatic rings. The highest BCUT2D eigenvalue weighted by atomic mass is 79.9. The summed E-state index contributed by atoms with van der Waals surface area (Å²) in [6.07, 6.45) is 0. The highest BCUT2D eigenvalue weighted by molar-refractivity contribution is 9.10. The normalized spacial score (nSPS) is 10.1. The minimum Gasteiger partial charge on any atom is -0.376 e. The minimum absolute atomic E-state index is 0.0108. The van der Waals surface area contributed by atoms with Gasteiger partial charge in [-0.3, -0.25) is 4.79 Å². The molecule has 0 radical (unpaired) electrons. The van der Waals surface area contributed by atoms with E-state index in [1.807, 2.05) is 41.8 Å². The van der Waals surface area contributed by atoms with E-state index in [0.29, 0.717) is 6.54 Å². The number of rotatable bonds is 5. The predicted molar refractivity (Wildman–Crippen MR) is 78.8 cm³/mol. The minimum atomic E-state index is -0.0108. The van der Waals surface area contributed by atoms with Crippen LogP contribution in [-0.4, -0.2) is 12.5 Å². The van der Waals surface area contributed by atoms with E-state index in [-0.39, 0.29) is 12.5 Å². The molecule has 1 heterocycles. The van der Waals surface area contributed by atoms with Crippen molar-refractivity contribution in [3.63, 3.8) is 0 Å². The molecule has 3 nitrogen and oxygen atoms in total. The number of amides is 1. The Morgan fingerprint density at radius 2 is 2.17 bits per heavy atom. The lowest BCUT2D eigenvalue weighted by atomic mass is 10.3. The van der Waals surface area contributed by atoms with Crippen LogP contribution < -0.4 is 10.6 Å². The molecule has 0 bridgehead atoms. The molecule has 0 fully saturated rings. The molecule has 1 amide bonds. The summed E-state index contributed by atoms with van der Waals surface area (Å²) in [5, 5.41) is 7.95. The Kier molecular flexibility index (Phi) is 4.78. The summed E-state index contributed by atoms with van der Waals surface area (Å²) in [6, 6.07) is 11.7. The SMILES string of the molecule is O=C(CNc1cccc(Br)c1)NCc1cccs1. The van der Waals surface area contributed by atoms with Crippen molar-refractivity contribution < 1.29 is 4.79 Å². The van der Waals surface area contributed by atoms with Gasteiger partial charge in [0.25, 0.3) is 0 Å². The number of nitrogens with one attached hydrogen (secondary N) is 2. The molecule has 1 aromatic carbocycles. The van der Waals surface area contributed by atoms with Crippen molar-refractivity contribution in [3.05, 3.63) is 51.1 Å². The van der Waals surface area contributed by atoms with Crippen molar-refractivity contribution in [1.29, 1.82) is 0 Å². The highest BCUT2D eigenvalue weighted by Gasteiger charge is 2.01. The van der Waals surface area contributed by atoms with Crippen molar-refractivity contribution in [2.24, 2.45) is 0 Å². The van der Waals surface area contributed by atoms with Gasteiger partial charge in [-0.15, -0.1) is 11.3 Å². The second kappa shape index (κ2) is 6.56. The molecule has 2 aromatic rings. The molecule has 94 valence electrons. The average Bonchev–Trinajstić information content (AvgIpc) is 2.87. The molecule has 0 saturated carbocycles. The highest BCUT2D eigenvalue weighted by Crippen LogP contribution is 2.15. The van der Waals surface area contributed by atoms with Crippen LogP contribution in [0.5, 0.6) is 0 Å². The van der Waals surface area contributed by atoms with E-state index in [9.17, 15) is 4.79 Å². The molecular weight excluding hydrogens is 312 g/mol. The first-order valence-corrected chi connectivity index (χ1v) is 7.20. The Morgan fingerprint density at radius 1 is 1.28 bits per heavy atom. The zero-order valence-corrected chi connectivity index (χ0v) is 12.1. The fourth-order valence-corrected chi connectivity index (χ4v) is 2.49. The van der Waals surface area contributed by atoms with Crippen molar-refractivity contribution >= 4 is 38.9 Å². The number of anilines is 1. The van der Waals surface area contributed by atoms with Crippen LogP contribution in [0, 0.1) is 0 Å². The summed E-state index contributed by atoms with van der Waals surface area (Å²) in [6.45, 7) is 0.874. The zero-order chi connectivity index (χ0) is 12.8. The molecule has 0 spiro atoms. The van der Waals surface area contributed by atoms with E-state index >= 15 is 0 Å². The maximum atomic E-state index is 11.6. The van der Waals surface area contributed by atoms with Crippen LogP contribution in [-0.2, 0) is 11.3 Å². The lowest BCUT2D eigenvalue weighted by Crippen LogP contribution is -2.29. The summed E-state index contributed by atoms with van der Waals surface area (Å²) >= 11 is 5.03. The van der Waals surface area contributed by atoms with E-state index in [0.717, 1.165) is 15.0 Å². The van der Waals surface area contributed by atoms with Gasteiger partial charge in [0.05, 0.1) is 13.1 Å². The Hall–Kier alpha value is -1.33. The molecule has 2 N–H and O–H groups in total. The van der Waals surface area contributed by atoms with Gasteiger partial charge in [-0.05, 0) is 29.6 Å². The first-order valence-electron chi connectivity index (χ1n) is 5.52. The van der Waals surface area contributed by atoms with Gasteiger partial charge >= 0.3 is 0 Å². The number of hydrogen-bond acceptors (Lipinski definition) is 3. The number of halogens is 1. The van der Waals surface area contributed by atoms with Gasteiger partial charge in [-0.2, -0.15) is 0 Å². The van der Waals surface area contributed by atoms with Crippen LogP contribution >= 0.6 is 27.3 Å². The lowest BCUT2D eigenvalue weighted by Gasteiger charge is -2.07. The van der Waals surface area contributed by atoms with Crippen molar-refractivity contribution in [2.45, 2.75) is 6.54 Å². The third kappa shape index (κ3) is 4.16. The van der Waals surface area contributed by atoms with E-state index in [2.05, 4.69) is 26.6 Å². The largest absolute Gasteiger partial charge is 0.376 e. The second-order valence-corrected chi connectivity index (χ2v) is 5.67. The van der Waals surface area contributed by atoms with Crippen LogP contribution in [0.2, 0.25) is 0 Å². The summed E-state index contributed by atoms with van der Waals surface area (Å²) in [5.41, 5.74) is 0.927. The number of carbonyl (C=O) groups excluding carboxylic acids is 1. The smallest absolute Gasteiger partial charge is 0.239 e. The Labute approximate surface area is 118 Å². The van der Waals surface area contributed by atoms with Gasteiger partial charge < -0.3 is 10.6 Å². The summed E-state index contributed by atoms with van der Waals surface area (Å²) in [5.74, 6) is -0.0108. The van der Waals surface area contributed by atoms with Crippen LogP contribution in [0.25, 0.3) is 0 Å². The molecule has 1 aromatic heterocycles. The molecule has 0 aliphatic heterocycles. The molecule has 5 heteroatoms. The monoisotopic (exact) mass is 324 g/mol. The van der Waals surface area contributed by atoms with Gasteiger partial charge in [-0.1, -0.05) is 28.1 Å². The fraction of sp³-hybridized carbons (Fsp3) is 0.154. The maximum Gasteiger partial charge on any atom is 0.239 e. The Morgan fingerprint density at radius 3 is 2.89 bits per heavy atom. The van der Waals surface area contributed by atoms with E-state index in [1.54, 1.807) is 11.3 Å². The number of carbonyl (C=O) groups is 1. The molecule has 2 rings (SSSR count). The number of hydrogen-bond donors (Lipinski definition) is 2. The maximum absolute atomic E-state index is 11.6. The van der Waals surface area contributed by atoms with Gasteiger partial charge in [0.2, 0.25) is 5.91 Å². The Bertz CT molecular complexity index is 513. The fourth-order valence-electron chi connectivity index (χ4n) is 1.44. The molecule has 18 heavy (non-hydrogen) atoms. The van der Waals surface area contributed by atoms with E-state index in [4.69, 9.17) is 0 Å². The van der Waals surface area contributed by atoms with Gasteiger partial charge in [0.15, 0.2) is 0 Å². The van der Waals surface area contributed by atoms with Gasteiger partial charge in [0, 0.05) is 15.0 Å². The summed E-state index contributed by atoms with van der Waals surface area (Å²) in [4.78, 5) is 12.8. The molecule has 0 unspecified atom stereocenters. The van der Waals surface area contributed by atoms with Crippen LogP contribution in [0.15, 0.2) is 46.3 Å². The van der Waals surface area contributed by atoms with Gasteiger partial charge in [0.1, 0.15) is 0 Å². The molecule has 0 atom stereocenters. The van der Waals surface area contributed by atoms with Crippen LogP contribution in [0.1, 0.15) is 4.88 Å². The van der Waals surface area contributed by atoms with E-state index < -0.39 is 0 Å². The average molecular weight is 325 g/mol. The van der Waals surface area contributed by atoms with Crippen molar-refractivity contribution in [3.8, 4) is 0 Å². The summed E-state index contributed by atoms with van der Waals surface area (Å²) < 4.78 is 0.992. The van der Waals surface area contributed by atoms with Crippen LogP contribution in [0.4, 0.5) is 5.69 Å². The topological polar surface area (TPSA) is 41.1 Å². The lowest BCUT2D eigenvalue weighted by molar-refractivity contribution is -0.119. The Balaban J connectivity index is 1.75. The third-order valence-corrected chi connectivity index (χ3v) is 3.69.